The molecule has 0 aliphatic heterocycles. The Kier molecular flexibility index (Phi) is 4.87. The zero-order chi connectivity index (χ0) is 14.3. The third-order valence-corrected chi connectivity index (χ3v) is 2.96. The van der Waals surface area contributed by atoms with Crippen LogP contribution in [0.1, 0.15) is 18.4 Å². The fraction of sp³-hybridized carbons (Fsp3) is 0.312. The van der Waals surface area contributed by atoms with Crippen LogP contribution in [-0.2, 0) is 5.41 Å². The Morgan fingerprint density at radius 3 is 2.11 bits per heavy atom. The Bertz CT molecular complexity index is 554. The maximum absolute atomic E-state index is 9.47. The first-order valence-corrected chi connectivity index (χ1v) is 5.68. The number of hydrogen-bond acceptors (Lipinski definition) is 3. The van der Waals surface area contributed by atoms with Gasteiger partial charge in [0, 0.05) is 12.8 Å². The Morgan fingerprint density at radius 1 is 1.11 bits per heavy atom. The quantitative estimate of drug-likeness (QED) is 0.757. The number of methoxy groups -OCH3 is 2. The van der Waals surface area contributed by atoms with Crippen LogP contribution in [0.25, 0.3) is 0 Å². The molecule has 0 aliphatic carbocycles. The van der Waals surface area contributed by atoms with E-state index in [9.17, 15) is 5.26 Å². The highest BCUT2D eigenvalue weighted by molar-refractivity contribution is 5.48. The molecule has 0 saturated carbocycles. The predicted octanol–water partition coefficient (Wildman–Crippen LogP) is 2.51. The minimum atomic E-state index is -0.886. The lowest BCUT2D eigenvalue weighted by molar-refractivity contribution is 0.353. The SMILES string of the molecule is C#CCC(C#N)(CC#C)c1ccc(OC)c(OC)c1. The van der Waals surface area contributed by atoms with Gasteiger partial charge in [0.25, 0.3) is 0 Å². The maximum Gasteiger partial charge on any atom is 0.161 e. The molecule has 0 radical (unpaired) electrons. The molecule has 0 spiro atoms. The van der Waals surface area contributed by atoms with Gasteiger partial charge < -0.3 is 9.47 Å². The van der Waals surface area contributed by atoms with Gasteiger partial charge in [-0.2, -0.15) is 5.26 Å². The van der Waals surface area contributed by atoms with Gasteiger partial charge in [0.2, 0.25) is 0 Å². The van der Waals surface area contributed by atoms with Crippen molar-refractivity contribution in [2.45, 2.75) is 18.3 Å². The van der Waals surface area contributed by atoms with Crippen molar-refractivity contribution < 1.29 is 9.47 Å². The summed E-state index contributed by atoms with van der Waals surface area (Å²) in [7, 11) is 3.09. The molecule has 0 bridgehead atoms. The lowest BCUT2D eigenvalue weighted by atomic mass is 9.76. The summed E-state index contributed by atoms with van der Waals surface area (Å²) in [5.74, 6) is 6.18. The number of benzene rings is 1. The molecule has 1 aromatic carbocycles. The number of nitriles is 1. The highest BCUT2D eigenvalue weighted by Crippen LogP contribution is 2.36. The van der Waals surface area contributed by atoms with Gasteiger partial charge in [0.1, 0.15) is 5.41 Å². The highest BCUT2D eigenvalue weighted by atomic mass is 16.5. The van der Waals surface area contributed by atoms with E-state index in [0.29, 0.717) is 11.5 Å². The number of ether oxygens (including phenoxy) is 2. The molecule has 0 aromatic heterocycles. The molecule has 96 valence electrons. The van der Waals surface area contributed by atoms with Crippen molar-refractivity contribution in [3.8, 4) is 42.3 Å². The number of rotatable bonds is 5. The molecule has 0 unspecified atom stereocenters. The molecule has 0 fully saturated rings. The maximum atomic E-state index is 9.47. The summed E-state index contributed by atoms with van der Waals surface area (Å²) in [6, 6.07) is 7.52. The molecule has 1 rings (SSSR count). The first-order chi connectivity index (χ1) is 9.17. The fourth-order valence-corrected chi connectivity index (χ4v) is 1.89. The van der Waals surface area contributed by atoms with E-state index < -0.39 is 5.41 Å². The van der Waals surface area contributed by atoms with Crippen molar-refractivity contribution in [1.82, 2.24) is 0 Å². The van der Waals surface area contributed by atoms with E-state index in [2.05, 4.69) is 17.9 Å². The van der Waals surface area contributed by atoms with Crippen molar-refractivity contribution in [3.05, 3.63) is 23.8 Å². The topological polar surface area (TPSA) is 42.2 Å². The minimum absolute atomic E-state index is 0.253. The summed E-state index contributed by atoms with van der Waals surface area (Å²) >= 11 is 0. The zero-order valence-corrected chi connectivity index (χ0v) is 11.1. The smallest absolute Gasteiger partial charge is 0.161 e. The Hall–Kier alpha value is -2.57. The van der Waals surface area contributed by atoms with Gasteiger partial charge in [-0.15, -0.1) is 24.7 Å². The van der Waals surface area contributed by atoms with Crippen LogP contribution in [0.5, 0.6) is 11.5 Å². The van der Waals surface area contributed by atoms with Crippen molar-refractivity contribution in [1.29, 1.82) is 5.26 Å². The Morgan fingerprint density at radius 2 is 1.68 bits per heavy atom. The molecule has 0 N–H and O–H groups in total. The van der Waals surface area contributed by atoms with Crippen LogP contribution in [0.3, 0.4) is 0 Å². The summed E-state index contributed by atoms with van der Waals surface area (Å²) in [4.78, 5) is 0. The predicted molar refractivity (Wildman–Crippen MR) is 73.7 cm³/mol. The van der Waals surface area contributed by atoms with E-state index in [1.807, 2.05) is 0 Å². The molecule has 1 aromatic rings. The molecule has 0 amide bonds. The number of hydrogen-bond donors (Lipinski definition) is 0. The molecular weight excluding hydrogens is 238 g/mol. The first-order valence-electron chi connectivity index (χ1n) is 5.68. The van der Waals surface area contributed by atoms with Gasteiger partial charge in [-0.3, -0.25) is 0 Å². The monoisotopic (exact) mass is 253 g/mol. The number of terminal acetylenes is 2. The lowest BCUT2D eigenvalue weighted by Gasteiger charge is -2.23. The largest absolute Gasteiger partial charge is 0.493 e. The molecular formula is C16H15NO2. The van der Waals surface area contributed by atoms with E-state index >= 15 is 0 Å². The van der Waals surface area contributed by atoms with Gasteiger partial charge in [0.05, 0.1) is 20.3 Å². The summed E-state index contributed by atoms with van der Waals surface area (Å²) < 4.78 is 10.4. The third kappa shape index (κ3) is 2.82. The van der Waals surface area contributed by atoms with Crippen LogP contribution in [0, 0.1) is 36.0 Å². The second-order valence-corrected chi connectivity index (χ2v) is 4.03. The van der Waals surface area contributed by atoms with Crippen LogP contribution in [0.4, 0.5) is 0 Å². The second-order valence-electron chi connectivity index (χ2n) is 4.03. The highest BCUT2D eigenvalue weighted by Gasteiger charge is 2.31. The molecule has 19 heavy (non-hydrogen) atoms. The molecule has 3 heteroatoms. The standard InChI is InChI=1S/C16H15NO2/c1-5-9-16(12-17,10-6-2)13-7-8-14(18-3)15(11-13)19-4/h1-2,7-8,11H,9-10H2,3-4H3. The summed E-state index contributed by atoms with van der Waals surface area (Å²) in [5.41, 5.74) is -0.146. The fourth-order valence-electron chi connectivity index (χ4n) is 1.89. The average molecular weight is 253 g/mol. The second kappa shape index (κ2) is 6.39. The van der Waals surface area contributed by atoms with Gasteiger partial charge in [-0.05, 0) is 17.7 Å². The van der Waals surface area contributed by atoms with Crippen molar-refractivity contribution in [3.63, 3.8) is 0 Å². The van der Waals surface area contributed by atoms with Crippen molar-refractivity contribution in [2.75, 3.05) is 14.2 Å². The van der Waals surface area contributed by atoms with E-state index in [1.54, 1.807) is 25.3 Å². The normalized spacial score (nSPS) is 9.84. The van der Waals surface area contributed by atoms with E-state index in [-0.39, 0.29) is 12.8 Å². The van der Waals surface area contributed by atoms with E-state index in [1.165, 1.54) is 7.11 Å². The number of nitrogens with zero attached hydrogens (tertiary/aromatic N) is 1. The van der Waals surface area contributed by atoms with E-state index in [0.717, 1.165) is 5.56 Å². The van der Waals surface area contributed by atoms with Crippen molar-refractivity contribution >= 4 is 0 Å². The Labute approximate surface area is 114 Å². The Balaban J connectivity index is 3.37. The van der Waals surface area contributed by atoms with Crippen molar-refractivity contribution in [2.24, 2.45) is 0 Å². The third-order valence-electron chi connectivity index (χ3n) is 2.96. The molecule has 0 atom stereocenters. The first kappa shape index (κ1) is 14.5. The van der Waals surface area contributed by atoms with Gasteiger partial charge in [-0.1, -0.05) is 6.07 Å². The zero-order valence-electron chi connectivity index (χ0n) is 11.1. The van der Waals surface area contributed by atoms with Crippen LogP contribution in [0.2, 0.25) is 0 Å². The van der Waals surface area contributed by atoms with Crippen LogP contribution in [0.15, 0.2) is 18.2 Å². The summed E-state index contributed by atoms with van der Waals surface area (Å²) in [6.07, 6.45) is 11.2. The van der Waals surface area contributed by atoms with Gasteiger partial charge in [-0.25, -0.2) is 0 Å². The van der Waals surface area contributed by atoms with Crippen LogP contribution < -0.4 is 9.47 Å². The molecule has 0 saturated heterocycles. The summed E-state index contributed by atoms with van der Waals surface area (Å²) in [5, 5.41) is 9.47. The van der Waals surface area contributed by atoms with Crippen LogP contribution >= 0.6 is 0 Å². The average Bonchev–Trinajstić information content (AvgIpc) is 2.46. The molecule has 0 heterocycles. The molecule has 0 aliphatic rings. The summed E-state index contributed by atoms with van der Waals surface area (Å²) in [6.45, 7) is 0. The minimum Gasteiger partial charge on any atom is -0.493 e. The van der Waals surface area contributed by atoms with Gasteiger partial charge >= 0.3 is 0 Å². The van der Waals surface area contributed by atoms with Gasteiger partial charge in [0.15, 0.2) is 11.5 Å². The lowest BCUT2D eigenvalue weighted by Crippen LogP contribution is -2.23. The molecule has 3 nitrogen and oxygen atoms in total. The van der Waals surface area contributed by atoms with Crippen LogP contribution in [-0.4, -0.2) is 14.2 Å². The van der Waals surface area contributed by atoms with E-state index in [4.69, 9.17) is 22.3 Å².